The van der Waals surface area contributed by atoms with Crippen LogP contribution in [0.2, 0.25) is 0 Å². The second-order valence-corrected chi connectivity index (χ2v) is 10.8. The molecular formula is C32H31F3N6O. The Morgan fingerprint density at radius 3 is 2.55 bits per heavy atom. The molecule has 3 heterocycles. The molecule has 3 N–H and O–H groups in total. The minimum absolute atomic E-state index is 0.0887. The Hall–Kier alpha value is -4.57. The number of fused-ring (bicyclic) bond motifs is 1. The van der Waals surface area contributed by atoms with E-state index in [0.717, 1.165) is 48.5 Å². The van der Waals surface area contributed by atoms with Gasteiger partial charge in [-0.05, 0) is 74.3 Å². The normalized spacial score (nSPS) is 14.8. The van der Waals surface area contributed by atoms with Crippen LogP contribution in [0.15, 0.2) is 85.1 Å². The van der Waals surface area contributed by atoms with Crippen LogP contribution in [0.5, 0.6) is 0 Å². The van der Waals surface area contributed by atoms with E-state index in [2.05, 4.69) is 42.4 Å². The van der Waals surface area contributed by atoms with Crippen LogP contribution >= 0.6 is 0 Å². The number of halogens is 3. The van der Waals surface area contributed by atoms with Crippen LogP contribution in [0, 0.1) is 0 Å². The molecule has 7 nitrogen and oxygen atoms in total. The quantitative estimate of drug-likeness (QED) is 0.199. The number of amides is 1. The minimum Gasteiger partial charge on any atom is -0.382 e. The number of nitrogens with zero attached hydrogens (tertiary/aromatic N) is 3. The van der Waals surface area contributed by atoms with Gasteiger partial charge in [0.15, 0.2) is 0 Å². The summed E-state index contributed by atoms with van der Waals surface area (Å²) in [6.45, 7) is 2.47. The molecule has 0 saturated carbocycles. The van der Waals surface area contributed by atoms with Gasteiger partial charge in [-0.3, -0.25) is 9.89 Å². The van der Waals surface area contributed by atoms with Crippen LogP contribution in [-0.2, 0) is 12.7 Å². The van der Waals surface area contributed by atoms with E-state index in [9.17, 15) is 18.0 Å². The molecular weight excluding hydrogens is 541 g/mol. The molecule has 0 aliphatic carbocycles. The summed E-state index contributed by atoms with van der Waals surface area (Å²) in [5, 5.41) is 13.9. The van der Waals surface area contributed by atoms with Crippen molar-refractivity contribution < 1.29 is 18.0 Å². The predicted molar refractivity (Wildman–Crippen MR) is 159 cm³/mol. The van der Waals surface area contributed by atoms with E-state index in [1.165, 1.54) is 17.7 Å². The van der Waals surface area contributed by atoms with Crippen LogP contribution < -0.4 is 10.6 Å². The molecule has 42 heavy (non-hydrogen) atoms. The van der Waals surface area contributed by atoms with Gasteiger partial charge < -0.3 is 20.1 Å². The maximum Gasteiger partial charge on any atom is 0.417 e. The molecule has 1 aliphatic rings. The number of anilines is 2. The van der Waals surface area contributed by atoms with E-state index in [1.54, 1.807) is 6.07 Å². The molecule has 0 radical (unpaired) electrons. The highest BCUT2D eigenvalue weighted by molar-refractivity contribution is 6.05. The summed E-state index contributed by atoms with van der Waals surface area (Å²) in [5.74, 6) is -0.660. The summed E-state index contributed by atoms with van der Waals surface area (Å²) in [4.78, 5) is 15.2. The lowest BCUT2D eigenvalue weighted by Crippen LogP contribution is -2.36. The number of benzene rings is 3. The summed E-state index contributed by atoms with van der Waals surface area (Å²) >= 11 is 0. The molecule has 5 aromatic rings. The lowest BCUT2D eigenvalue weighted by molar-refractivity contribution is -0.137. The van der Waals surface area contributed by atoms with Crippen molar-refractivity contribution in [2.24, 2.45) is 0 Å². The number of hydrogen-bond donors (Lipinski definition) is 3. The van der Waals surface area contributed by atoms with Crippen molar-refractivity contribution in [2.45, 2.75) is 31.6 Å². The summed E-state index contributed by atoms with van der Waals surface area (Å²) in [7, 11) is 2.03. The second-order valence-electron chi connectivity index (χ2n) is 10.8. The number of piperidine rings is 1. The maximum absolute atomic E-state index is 14.0. The zero-order chi connectivity index (χ0) is 29.3. The Morgan fingerprint density at radius 1 is 1.00 bits per heavy atom. The van der Waals surface area contributed by atoms with Gasteiger partial charge >= 0.3 is 6.18 Å². The third-order valence-corrected chi connectivity index (χ3v) is 7.75. The highest BCUT2D eigenvalue weighted by Crippen LogP contribution is 2.35. The Kier molecular flexibility index (Phi) is 7.47. The number of likely N-dealkylation sites (tertiary alicyclic amines) is 1. The summed E-state index contributed by atoms with van der Waals surface area (Å²) in [5.41, 5.74) is 2.49. The average Bonchev–Trinajstić information content (AvgIpc) is 3.61. The first-order valence-electron chi connectivity index (χ1n) is 13.9. The fourth-order valence-electron chi connectivity index (χ4n) is 5.44. The van der Waals surface area contributed by atoms with Crippen molar-refractivity contribution in [3.05, 3.63) is 102 Å². The number of rotatable bonds is 7. The zero-order valence-corrected chi connectivity index (χ0v) is 23.1. The van der Waals surface area contributed by atoms with Crippen LogP contribution in [0.4, 0.5) is 24.7 Å². The largest absolute Gasteiger partial charge is 0.417 e. The first kappa shape index (κ1) is 27.6. The number of aromatic nitrogens is 3. The van der Waals surface area contributed by atoms with Crippen molar-refractivity contribution in [1.29, 1.82) is 0 Å². The Labute approximate surface area is 241 Å². The van der Waals surface area contributed by atoms with E-state index < -0.39 is 23.2 Å². The lowest BCUT2D eigenvalue weighted by atomic mass is 10.0. The molecule has 1 aliphatic heterocycles. The lowest BCUT2D eigenvalue weighted by Gasteiger charge is -2.30. The fraction of sp³-hybridized carbons (Fsp3) is 0.250. The topological polar surface area (TPSA) is 78.0 Å². The molecule has 2 aromatic heterocycles. The van der Waals surface area contributed by atoms with Crippen molar-refractivity contribution in [2.75, 3.05) is 30.8 Å². The minimum atomic E-state index is -4.69. The van der Waals surface area contributed by atoms with E-state index in [1.807, 2.05) is 55.7 Å². The van der Waals surface area contributed by atoms with Gasteiger partial charge in [0.1, 0.15) is 5.82 Å². The van der Waals surface area contributed by atoms with Gasteiger partial charge in [0.25, 0.3) is 5.91 Å². The molecule has 216 valence electrons. The Bertz CT molecular complexity index is 1700. The monoisotopic (exact) mass is 572 g/mol. The van der Waals surface area contributed by atoms with Gasteiger partial charge in [-0.1, -0.05) is 42.5 Å². The highest BCUT2D eigenvalue weighted by atomic mass is 19.4. The van der Waals surface area contributed by atoms with E-state index >= 15 is 0 Å². The SMILES string of the molecule is CN1CCC(Nc2ccc(C(=O)Nc3cc(-c4ccc5ccn(Cc6ccccc6)c5c4)n[nH]3)c(C(F)(F)F)c2)CC1. The highest BCUT2D eigenvalue weighted by Gasteiger charge is 2.36. The molecule has 6 rings (SSSR count). The fourth-order valence-corrected chi connectivity index (χ4v) is 5.44. The third-order valence-electron chi connectivity index (χ3n) is 7.75. The van der Waals surface area contributed by atoms with Gasteiger partial charge in [0.05, 0.1) is 16.8 Å². The maximum atomic E-state index is 14.0. The number of aromatic amines is 1. The van der Waals surface area contributed by atoms with Crippen molar-refractivity contribution in [3.63, 3.8) is 0 Å². The number of H-pyrrole nitrogens is 1. The average molecular weight is 573 g/mol. The number of hydrogen-bond acceptors (Lipinski definition) is 4. The van der Waals surface area contributed by atoms with E-state index in [-0.39, 0.29) is 11.9 Å². The van der Waals surface area contributed by atoms with E-state index in [0.29, 0.717) is 17.9 Å². The molecule has 1 saturated heterocycles. The van der Waals surface area contributed by atoms with E-state index in [4.69, 9.17) is 0 Å². The third kappa shape index (κ3) is 6.03. The molecule has 1 amide bonds. The van der Waals surface area contributed by atoms with Gasteiger partial charge in [0, 0.05) is 41.6 Å². The van der Waals surface area contributed by atoms with Crippen LogP contribution in [0.25, 0.3) is 22.2 Å². The first-order chi connectivity index (χ1) is 20.2. The van der Waals surface area contributed by atoms with Crippen LogP contribution in [0.1, 0.15) is 34.3 Å². The van der Waals surface area contributed by atoms with Crippen molar-refractivity contribution in [3.8, 4) is 11.3 Å². The number of alkyl halides is 3. The van der Waals surface area contributed by atoms with Crippen LogP contribution in [-0.4, -0.2) is 51.8 Å². The Balaban J connectivity index is 1.19. The smallest absolute Gasteiger partial charge is 0.382 e. The summed E-state index contributed by atoms with van der Waals surface area (Å²) in [6, 6.07) is 23.6. The Morgan fingerprint density at radius 2 is 1.79 bits per heavy atom. The molecule has 0 spiro atoms. The molecule has 1 fully saturated rings. The van der Waals surface area contributed by atoms with Gasteiger partial charge in [-0.25, -0.2) is 0 Å². The number of carbonyl (C=O) groups excluding carboxylic acids is 1. The first-order valence-corrected chi connectivity index (χ1v) is 13.9. The molecule has 10 heteroatoms. The zero-order valence-electron chi connectivity index (χ0n) is 23.1. The second kappa shape index (κ2) is 11.4. The summed E-state index contributed by atoms with van der Waals surface area (Å²) in [6.07, 6.45) is -0.979. The summed E-state index contributed by atoms with van der Waals surface area (Å²) < 4.78 is 44.2. The molecule has 0 atom stereocenters. The molecule has 3 aromatic carbocycles. The molecule has 0 unspecified atom stereocenters. The standard InChI is InChI=1S/C32H31F3N6O/c1-40-14-12-24(13-15-40)36-25-9-10-26(27(18-25)32(33,34)35)31(42)37-30-19-28(38-39-30)23-8-7-22-11-16-41(29(22)17-23)20-21-5-3-2-4-6-21/h2-11,16-19,24,36H,12-15,20H2,1H3,(H2,37,38,39,42). The molecule has 0 bridgehead atoms. The van der Waals surface area contributed by atoms with Crippen LogP contribution in [0.3, 0.4) is 0 Å². The predicted octanol–water partition coefficient (Wildman–Crippen LogP) is 6.86. The van der Waals surface area contributed by atoms with Gasteiger partial charge in [0.2, 0.25) is 0 Å². The van der Waals surface area contributed by atoms with Gasteiger partial charge in [-0.15, -0.1) is 0 Å². The van der Waals surface area contributed by atoms with Crippen molar-refractivity contribution in [1.82, 2.24) is 19.7 Å². The number of carbonyl (C=O) groups is 1. The van der Waals surface area contributed by atoms with Gasteiger partial charge in [-0.2, -0.15) is 18.3 Å². The number of nitrogens with one attached hydrogen (secondary N) is 3. The van der Waals surface area contributed by atoms with Crippen molar-refractivity contribution >= 4 is 28.3 Å².